The Morgan fingerprint density at radius 1 is 0.319 bits per heavy atom. The maximum absolute atomic E-state index is 2.59. The molecule has 0 radical (unpaired) electrons. The van der Waals surface area contributed by atoms with Gasteiger partial charge in [-0.25, -0.2) is 0 Å². The van der Waals surface area contributed by atoms with Gasteiger partial charge in [-0.15, -0.1) is 0 Å². The average Bonchev–Trinajstić information content (AvgIpc) is 1.53. The van der Waals surface area contributed by atoms with Gasteiger partial charge in [-0.2, -0.15) is 0 Å². The summed E-state index contributed by atoms with van der Waals surface area (Å²) in [6.07, 6.45) is 9.90. The Bertz CT molecular complexity index is 4760. The third kappa shape index (κ3) is 9.49. The van der Waals surface area contributed by atoms with Gasteiger partial charge in [0.25, 0.3) is 0 Å². The van der Waals surface area contributed by atoms with Crippen molar-refractivity contribution in [3.8, 4) is 16.8 Å². The van der Waals surface area contributed by atoms with Crippen molar-refractivity contribution in [2.75, 3.05) is 19.6 Å². The van der Waals surface area contributed by atoms with E-state index in [-0.39, 0.29) is 0 Å². The summed E-state index contributed by atoms with van der Waals surface area (Å²) in [6, 6.07) is 125. The van der Waals surface area contributed by atoms with Crippen LogP contribution in [0.15, 0.2) is 364 Å². The lowest BCUT2D eigenvalue weighted by atomic mass is 9.66. The highest BCUT2D eigenvalue weighted by molar-refractivity contribution is 6.14. The van der Waals surface area contributed by atoms with Crippen molar-refractivity contribution in [1.29, 1.82) is 0 Å². The Hall–Kier alpha value is -11.7. The molecule has 0 spiro atoms. The van der Waals surface area contributed by atoms with E-state index in [2.05, 4.69) is 395 Å². The predicted octanol–water partition coefficient (Wildman–Crippen LogP) is 23.0. The van der Waals surface area contributed by atoms with Crippen LogP contribution in [-0.2, 0) is 5.41 Å². The van der Waals surface area contributed by atoms with Crippen LogP contribution < -0.4 is 19.6 Å². The third-order valence-electron chi connectivity index (χ3n) is 18.4. The van der Waals surface area contributed by atoms with Gasteiger partial charge in [0.1, 0.15) is 0 Å². The molecule has 2 unspecified atom stereocenters. The zero-order valence-corrected chi connectivity index (χ0v) is 50.6. The van der Waals surface area contributed by atoms with E-state index in [9.17, 15) is 0 Å². The van der Waals surface area contributed by atoms with E-state index in [1.807, 2.05) is 0 Å². The fourth-order valence-corrected chi connectivity index (χ4v) is 14.6. The standard InChI is InChI=1S/C86H65N5/c1-85(55-31-10-32-56-85)91(72-47-25-9-26-48-72)76-60-64(59-75(62-76)89(69-41-19-6-20-42-69)70-43-21-7-22-44-70)86(81-51-29-27-49-77(81)79-53-54-80-78-50-28-30-52-82(78)90(84(80)83(79)86)71-45-23-8-24-46-71)63-57-73(87(65-33-11-2-12-34-65)66-35-13-3-14-36-66)61-74(58-63)88(67-37-15-4-16-38-67)68-39-17-5-18-40-68/h2-55,57-62H,56H2,1H3. The maximum atomic E-state index is 2.59. The molecule has 14 aromatic rings. The number of rotatable bonds is 15. The summed E-state index contributed by atoms with van der Waals surface area (Å²) in [6.45, 7) is 2.38. The lowest BCUT2D eigenvalue weighted by Crippen LogP contribution is -2.42. The minimum Gasteiger partial charge on any atom is -0.332 e. The van der Waals surface area contributed by atoms with Crippen molar-refractivity contribution in [3.63, 3.8) is 0 Å². The zero-order valence-electron chi connectivity index (χ0n) is 50.6. The van der Waals surface area contributed by atoms with Crippen LogP contribution in [0.2, 0.25) is 0 Å². The molecular formula is C86H65N5. The van der Waals surface area contributed by atoms with E-state index >= 15 is 0 Å². The van der Waals surface area contributed by atoms with Crippen LogP contribution in [0, 0.1) is 0 Å². The highest BCUT2D eigenvalue weighted by atomic mass is 15.2. The number of hydrogen-bond acceptors (Lipinski definition) is 4. The molecule has 0 saturated carbocycles. The van der Waals surface area contributed by atoms with Crippen LogP contribution in [0.3, 0.4) is 0 Å². The number of para-hydroxylation sites is 9. The molecular weight excluding hydrogens is 1100 g/mol. The van der Waals surface area contributed by atoms with Crippen LogP contribution >= 0.6 is 0 Å². The second kappa shape index (κ2) is 23.1. The Kier molecular flexibility index (Phi) is 13.9. The molecule has 16 rings (SSSR count). The normalized spacial score (nSPS) is 15.5. The van der Waals surface area contributed by atoms with Crippen LogP contribution in [0.1, 0.15) is 35.6 Å². The van der Waals surface area contributed by atoms with Gasteiger partial charge in [0.15, 0.2) is 0 Å². The number of fused-ring (bicyclic) bond motifs is 7. The van der Waals surface area contributed by atoms with Gasteiger partial charge in [-0.1, -0.05) is 224 Å². The molecule has 2 atom stereocenters. The fraction of sp³-hybridized carbons (Fsp3) is 0.0465. The molecule has 0 fully saturated rings. The van der Waals surface area contributed by atoms with E-state index in [0.29, 0.717) is 0 Å². The topological polar surface area (TPSA) is 17.9 Å². The first-order valence-electron chi connectivity index (χ1n) is 31.5. The zero-order chi connectivity index (χ0) is 60.7. The second-order valence-corrected chi connectivity index (χ2v) is 23.9. The van der Waals surface area contributed by atoms with Crippen LogP contribution in [0.25, 0.3) is 38.6 Å². The summed E-state index contributed by atoms with van der Waals surface area (Å²) >= 11 is 0. The van der Waals surface area contributed by atoms with Crippen LogP contribution in [0.5, 0.6) is 0 Å². The van der Waals surface area contributed by atoms with Crippen molar-refractivity contribution < 1.29 is 0 Å². The highest BCUT2D eigenvalue weighted by Crippen LogP contribution is 2.62. The number of allylic oxidation sites excluding steroid dienone is 2. The second-order valence-electron chi connectivity index (χ2n) is 23.9. The Labute approximate surface area is 532 Å². The van der Waals surface area contributed by atoms with Crippen LogP contribution in [-0.4, -0.2) is 10.1 Å². The van der Waals surface area contributed by atoms with E-state index in [1.165, 1.54) is 33.0 Å². The molecule has 434 valence electrons. The van der Waals surface area contributed by atoms with Crippen molar-refractivity contribution in [1.82, 2.24) is 4.57 Å². The van der Waals surface area contributed by atoms with Gasteiger partial charge in [-0.05, 0) is 181 Å². The average molecular weight is 1170 g/mol. The number of hydrogen-bond donors (Lipinski definition) is 0. The van der Waals surface area contributed by atoms with Crippen molar-refractivity contribution in [3.05, 3.63) is 386 Å². The van der Waals surface area contributed by atoms with E-state index < -0.39 is 11.0 Å². The monoisotopic (exact) mass is 1170 g/mol. The molecule has 13 aromatic carbocycles. The number of aromatic nitrogens is 1. The predicted molar refractivity (Wildman–Crippen MR) is 382 cm³/mol. The molecule has 0 amide bonds. The first-order valence-corrected chi connectivity index (χ1v) is 31.5. The van der Waals surface area contributed by atoms with Crippen molar-refractivity contribution in [2.45, 2.75) is 24.3 Å². The van der Waals surface area contributed by atoms with Crippen molar-refractivity contribution >= 4 is 84.4 Å². The summed E-state index contributed by atoms with van der Waals surface area (Å²) in [5, 5.41) is 2.37. The molecule has 0 N–H and O–H groups in total. The lowest BCUT2D eigenvalue weighted by Gasteiger charge is -2.43. The number of nitrogens with zero attached hydrogens (tertiary/aromatic N) is 5. The quantitative estimate of drug-likeness (QED) is 0.102. The summed E-state index contributed by atoms with van der Waals surface area (Å²) < 4.78 is 2.55. The van der Waals surface area contributed by atoms with Gasteiger partial charge >= 0.3 is 0 Å². The molecule has 2 aliphatic rings. The van der Waals surface area contributed by atoms with Gasteiger partial charge in [0.05, 0.1) is 22.0 Å². The Morgan fingerprint density at radius 3 is 1.18 bits per heavy atom. The number of benzene rings is 13. The maximum Gasteiger partial charge on any atom is 0.0737 e. The molecule has 0 aliphatic heterocycles. The third-order valence-corrected chi connectivity index (χ3v) is 18.4. The minimum absolute atomic E-state index is 0.479. The van der Waals surface area contributed by atoms with Gasteiger partial charge in [0, 0.05) is 84.6 Å². The molecule has 1 heterocycles. The first kappa shape index (κ1) is 54.7. The summed E-state index contributed by atoms with van der Waals surface area (Å²) in [7, 11) is 0. The van der Waals surface area contributed by atoms with E-state index in [1.54, 1.807) is 0 Å². The molecule has 0 bridgehead atoms. The fourth-order valence-electron chi connectivity index (χ4n) is 14.6. The summed E-state index contributed by atoms with van der Waals surface area (Å²) in [5.74, 6) is 0. The van der Waals surface area contributed by atoms with Crippen molar-refractivity contribution in [2.24, 2.45) is 0 Å². The van der Waals surface area contributed by atoms with Gasteiger partial charge < -0.3 is 24.2 Å². The summed E-state index contributed by atoms with van der Waals surface area (Å²) in [5.41, 5.74) is 20.3. The van der Waals surface area contributed by atoms with E-state index in [4.69, 9.17) is 0 Å². The largest absolute Gasteiger partial charge is 0.332 e. The van der Waals surface area contributed by atoms with Gasteiger partial charge in [-0.3, -0.25) is 0 Å². The molecule has 2 aliphatic carbocycles. The molecule has 91 heavy (non-hydrogen) atoms. The lowest BCUT2D eigenvalue weighted by molar-refractivity contribution is 0.569. The molecule has 5 nitrogen and oxygen atoms in total. The minimum atomic E-state index is -1.08. The van der Waals surface area contributed by atoms with Gasteiger partial charge in [0.2, 0.25) is 0 Å². The SMILES string of the molecule is CC1(N(c2ccccc2)c2cc(N(c3ccccc3)c3ccccc3)cc(C3(c4cc(N(c5ccccc5)c5ccccc5)cc(N(c5ccccc5)c5ccccc5)c4)c4ccccc4-c4ccc5c6ccccc6n(-c6ccccc6)c5c43)c2)C=CC=CC1. The highest BCUT2D eigenvalue weighted by Gasteiger charge is 2.50. The Balaban J connectivity index is 1.14. The van der Waals surface area contributed by atoms with E-state index in [0.717, 1.165) is 96.8 Å². The number of anilines is 11. The molecule has 5 heteroatoms. The summed E-state index contributed by atoms with van der Waals surface area (Å²) in [4.78, 5) is 9.92. The molecule has 0 saturated heterocycles. The first-order chi connectivity index (χ1) is 45.0. The molecule has 1 aromatic heterocycles. The Morgan fingerprint density at radius 2 is 0.714 bits per heavy atom. The van der Waals surface area contributed by atoms with Crippen LogP contribution in [0.4, 0.5) is 62.6 Å². The smallest absolute Gasteiger partial charge is 0.0737 e.